The van der Waals surface area contributed by atoms with E-state index in [0.717, 1.165) is 4.57 Å². The van der Waals surface area contributed by atoms with E-state index in [1.54, 1.807) is 6.92 Å². The topological polar surface area (TPSA) is 101 Å². The fourth-order valence-corrected chi connectivity index (χ4v) is 1.29. The van der Waals surface area contributed by atoms with Crippen LogP contribution in [0.25, 0.3) is 0 Å². The van der Waals surface area contributed by atoms with Crippen molar-refractivity contribution in [1.29, 1.82) is 0 Å². The highest BCUT2D eigenvalue weighted by atomic mass is 16.5. The lowest BCUT2D eigenvalue weighted by Gasteiger charge is -2.11. The Kier molecular flexibility index (Phi) is 4.65. The summed E-state index contributed by atoms with van der Waals surface area (Å²) in [6, 6.07) is 1.17. The summed E-state index contributed by atoms with van der Waals surface area (Å²) in [5.74, 6) is -0.530. The molecule has 0 radical (unpaired) electrons. The van der Waals surface area contributed by atoms with Gasteiger partial charge in [-0.3, -0.25) is 19.1 Å². The molecule has 0 aliphatic rings. The van der Waals surface area contributed by atoms with Crippen LogP contribution in [0.2, 0.25) is 0 Å². The number of aliphatic hydroxyl groups excluding tert-OH is 1. The van der Waals surface area contributed by atoms with Crippen LogP contribution in [0.4, 0.5) is 0 Å². The fraction of sp³-hybridized carbons (Fsp3) is 0.500. The summed E-state index contributed by atoms with van der Waals surface area (Å²) in [6.45, 7) is 1.83. The van der Waals surface area contributed by atoms with Gasteiger partial charge in [-0.1, -0.05) is 0 Å². The van der Waals surface area contributed by atoms with E-state index in [1.807, 2.05) is 4.98 Å². The van der Waals surface area contributed by atoms with Crippen molar-refractivity contribution < 1.29 is 14.6 Å². The maximum atomic E-state index is 11.3. The van der Waals surface area contributed by atoms with E-state index in [1.165, 1.54) is 12.3 Å². The fourth-order valence-electron chi connectivity index (χ4n) is 1.29. The highest BCUT2D eigenvalue weighted by molar-refractivity contribution is 5.69. The first-order valence-corrected chi connectivity index (χ1v) is 5.16. The van der Waals surface area contributed by atoms with Crippen molar-refractivity contribution in [3.8, 4) is 0 Å². The van der Waals surface area contributed by atoms with Gasteiger partial charge in [-0.25, -0.2) is 4.79 Å². The molecule has 0 aliphatic carbocycles. The molecular weight excluding hydrogens is 228 g/mol. The Morgan fingerprint density at radius 3 is 2.88 bits per heavy atom. The first kappa shape index (κ1) is 13.2. The minimum atomic E-state index is -1.03. The molecule has 0 aliphatic heterocycles. The number of rotatable bonds is 5. The minimum Gasteiger partial charge on any atom is -0.466 e. The van der Waals surface area contributed by atoms with Crippen molar-refractivity contribution in [3.63, 3.8) is 0 Å². The lowest BCUT2D eigenvalue weighted by Crippen LogP contribution is -2.33. The second kappa shape index (κ2) is 6.00. The molecule has 7 nitrogen and oxygen atoms in total. The molecule has 1 unspecified atom stereocenters. The van der Waals surface area contributed by atoms with Gasteiger partial charge in [0.1, 0.15) is 0 Å². The van der Waals surface area contributed by atoms with Crippen LogP contribution < -0.4 is 11.2 Å². The molecule has 0 aromatic carbocycles. The molecule has 0 amide bonds. The van der Waals surface area contributed by atoms with Gasteiger partial charge in [0, 0.05) is 12.3 Å². The van der Waals surface area contributed by atoms with Crippen molar-refractivity contribution in [3.05, 3.63) is 33.1 Å². The van der Waals surface area contributed by atoms with Gasteiger partial charge in [-0.05, 0) is 6.92 Å². The number of H-pyrrole nitrogens is 1. The van der Waals surface area contributed by atoms with Crippen LogP contribution in [0.3, 0.4) is 0 Å². The smallest absolute Gasteiger partial charge is 0.328 e. The number of carbonyl (C=O) groups is 1. The highest BCUT2D eigenvalue weighted by Crippen LogP contribution is 1.97. The first-order chi connectivity index (χ1) is 8.02. The van der Waals surface area contributed by atoms with Crippen molar-refractivity contribution in [2.24, 2.45) is 0 Å². The molecule has 7 heteroatoms. The van der Waals surface area contributed by atoms with E-state index < -0.39 is 23.3 Å². The number of carbonyl (C=O) groups excluding carboxylic acids is 1. The quantitative estimate of drug-likeness (QED) is 0.635. The number of nitrogens with one attached hydrogen (secondary N) is 1. The molecule has 1 aromatic heterocycles. The van der Waals surface area contributed by atoms with Crippen LogP contribution in [-0.4, -0.2) is 33.3 Å². The maximum absolute atomic E-state index is 11.3. The molecule has 1 rings (SSSR count). The zero-order valence-corrected chi connectivity index (χ0v) is 9.38. The van der Waals surface area contributed by atoms with Gasteiger partial charge in [0.15, 0.2) is 0 Å². The summed E-state index contributed by atoms with van der Waals surface area (Å²) in [6.07, 6.45) is 0.0345. The number of esters is 1. The zero-order chi connectivity index (χ0) is 12.8. The first-order valence-electron chi connectivity index (χ1n) is 5.16. The van der Waals surface area contributed by atoms with Gasteiger partial charge < -0.3 is 9.84 Å². The summed E-state index contributed by atoms with van der Waals surface area (Å²) in [7, 11) is 0. The average Bonchev–Trinajstić information content (AvgIpc) is 2.22. The molecule has 2 N–H and O–H groups in total. The van der Waals surface area contributed by atoms with Crippen molar-refractivity contribution in [2.45, 2.75) is 26.0 Å². The number of hydrogen-bond acceptors (Lipinski definition) is 5. The van der Waals surface area contributed by atoms with Gasteiger partial charge in [-0.15, -0.1) is 0 Å². The molecule has 17 heavy (non-hydrogen) atoms. The van der Waals surface area contributed by atoms with E-state index in [2.05, 4.69) is 4.74 Å². The highest BCUT2D eigenvalue weighted by Gasteiger charge is 2.12. The predicted molar refractivity (Wildman–Crippen MR) is 58.6 cm³/mol. The van der Waals surface area contributed by atoms with Crippen molar-refractivity contribution in [2.75, 3.05) is 6.61 Å². The van der Waals surface area contributed by atoms with Crippen molar-refractivity contribution >= 4 is 5.97 Å². The average molecular weight is 242 g/mol. The monoisotopic (exact) mass is 242 g/mol. The van der Waals surface area contributed by atoms with E-state index in [9.17, 15) is 19.5 Å². The second-order valence-electron chi connectivity index (χ2n) is 3.43. The Hall–Kier alpha value is -1.89. The maximum Gasteiger partial charge on any atom is 0.328 e. The van der Waals surface area contributed by atoms with Gasteiger partial charge in [0.25, 0.3) is 5.56 Å². The van der Waals surface area contributed by atoms with Crippen LogP contribution in [-0.2, 0) is 16.1 Å². The molecule has 1 atom stereocenters. The van der Waals surface area contributed by atoms with E-state index in [0.29, 0.717) is 0 Å². The van der Waals surface area contributed by atoms with Gasteiger partial charge in [-0.2, -0.15) is 0 Å². The molecular formula is C10H14N2O5. The largest absolute Gasteiger partial charge is 0.466 e. The summed E-state index contributed by atoms with van der Waals surface area (Å²) in [5, 5.41) is 9.54. The van der Waals surface area contributed by atoms with Crippen LogP contribution in [0.5, 0.6) is 0 Å². The van der Waals surface area contributed by atoms with Gasteiger partial charge in [0.05, 0.1) is 25.7 Å². The van der Waals surface area contributed by atoms with E-state index >= 15 is 0 Å². The second-order valence-corrected chi connectivity index (χ2v) is 3.43. The minimum absolute atomic E-state index is 0.0750. The SMILES string of the molecule is CCOC(=O)CC(O)Cn1ccc(=O)[nH]c1=O. The van der Waals surface area contributed by atoms with Gasteiger partial charge >= 0.3 is 11.7 Å². The summed E-state index contributed by atoms with van der Waals surface area (Å²) >= 11 is 0. The van der Waals surface area contributed by atoms with Crippen molar-refractivity contribution in [1.82, 2.24) is 9.55 Å². The Morgan fingerprint density at radius 2 is 2.29 bits per heavy atom. The number of aliphatic hydroxyl groups is 1. The number of hydrogen-bond donors (Lipinski definition) is 2. The number of ether oxygens (including phenoxy) is 1. The lowest BCUT2D eigenvalue weighted by atomic mass is 10.2. The normalized spacial score (nSPS) is 12.1. The molecule has 1 aromatic rings. The van der Waals surface area contributed by atoms with Gasteiger partial charge in [0.2, 0.25) is 0 Å². The van der Waals surface area contributed by atoms with E-state index in [4.69, 9.17) is 0 Å². The van der Waals surface area contributed by atoms with Crippen LogP contribution >= 0.6 is 0 Å². The Balaban J connectivity index is 2.62. The number of aromatic nitrogens is 2. The molecule has 0 bridgehead atoms. The summed E-state index contributed by atoms with van der Waals surface area (Å²) < 4.78 is 5.77. The van der Waals surface area contributed by atoms with Crippen LogP contribution in [0, 0.1) is 0 Å². The lowest BCUT2D eigenvalue weighted by molar-refractivity contribution is -0.145. The molecule has 0 saturated carbocycles. The number of aromatic amines is 1. The third kappa shape index (κ3) is 4.23. The third-order valence-corrected chi connectivity index (χ3v) is 2.01. The molecule has 0 spiro atoms. The summed E-state index contributed by atoms with van der Waals surface area (Å²) in [4.78, 5) is 35.2. The Bertz CT molecular complexity index is 490. The Morgan fingerprint density at radius 1 is 1.59 bits per heavy atom. The molecule has 1 heterocycles. The standard InChI is InChI=1S/C10H14N2O5/c1-2-17-9(15)5-7(13)6-12-4-3-8(14)11-10(12)16/h3-4,7,13H,2,5-6H2,1H3,(H,11,14,16). The molecule has 0 fully saturated rings. The molecule has 0 saturated heterocycles. The zero-order valence-electron chi connectivity index (χ0n) is 9.38. The summed E-state index contributed by atoms with van der Waals surface area (Å²) in [5.41, 5.74) is -1.13. The number of nitrogens with zero attached hydrogens (tertiary/aromatic N) is 1. The third-order valence-electron chi connectivity index (χ3n) is 2.01. The predicted octanol–water partition coefficient (Wildman–Crippen LogP) is -1.15. The van der Waals surface area contributed by atoms with Crippen LogP contribution in [0.15, 0.2) is 21.9 Å². The Labute approximate surface area is 96.7 Å². The van der Waals surface area contributed by atoms with Crippen LogP contribution in [0.1, 0.15) is 13.3 Å². The molecule has 94 valence electrons. The van der Waals surface area contributed by atoms with E-state index in [-0.39, 0.29) is 19.6 Å².